The number of fused-ring (bicyclic) bond motifs is 1. The molecule has 0 unspecified atom stereocenters. The summed E-state index contributed by atoms with van der Waals surface area (Å²) in [5.74, 6) is 0. The highest BCUT2D eigenvalue weighted by Crippen LogP contribution is 2.23. The molecule has 1 aromatic carbocycles. The molecule has 0 fully saturated rings. The highest BCUT2D eigenvalue weighted by molar-refractivity contribution is 7.19. The lowest BCUT2D eigenvalue weighted by Crippen LogP contribution is -2.05. The molecule has 0 amide bonds. The summed E-state index contributed by atoms with van der Waals surface area (Å²) in [5, 5.41) is 0.753. The van der Waals surface area contributed by atoms with E-state index in [1.165, 1.54) is 0 Å². The van der Waals surface area contributed by atoms with Crippen LogP contribution in [0.1, 0.15) is 10.4 Å². The van der Waals surface area contributed by atoms with E-state index in [0.717, 1.165) is 15.0 Å². The second-order valence-electron chi connectivity index (χ2n) is 3.11. The lowest BCUT2D eigenvalue weighted by Gasteiger charge is -2.02. The first-order valence-electron chi connectivity index (χ1n) is 4.58. The van der Waals surface area contributed by atoms with Crippen LogP contribution < -0.4 is 5.43 Å². The highest BCUT2D eigenvalue weighted by Gasteiger charge is 2.06. The van der Waals surface area contributed by atoms with Gasteiger partial charge in [-0.1, -0.05) is 37.4 Å². The van der Waals surface area contributed by atoms with Crippen molar-refractivity contribution in [3.05, 3.63) is 58.1 Å². The van der Waals surface area contributed by atoms with Crippen LogP contribution in [0, 0.1) is 0 Å². The van der Waals surface area contributed by atoms with Gasteiger partial charge in [0.1, 0.15) is 0 Å². The van der Waals surface area contributed by atoms with Gasteiger partial charge in [-0.15, -0.1) is 11.3 Å². The van der Waals surface area contributed by atoms with Crippen LogP contribution in [0.15, 0.2) is 42.2 Å². The van der Waals surface area contributed by atoms with E-state index >= 15 is 0 Å². The van der Waals surface area contributed by atoms with Gasteiger partial charge in [0.2, 0.25) is 0 Å². The molecule has 0 radical (unpaired) electrons. The van der Waals surface area contributed by atoms with Crippen LogP contribution in [0.3, 0.4) is 0 Å². The molecule has 2 heteroatoms. The van der Waals surface area contributed by atoms with Crippen LogP contribution in [-0.2, 0) is 0 Å². The fraction of sp³-hybridized carbons (Fsp3) is 0. The Morgan fingerprint density at radius 3 is 2.53 bits per heavy atom. The topological polar surface area (TPSA) is 17.1 Å². The van der Waals surface area contributed by atoms with Gasteiger partial charge in [-0.2, -0.15) is 0 Å². The monoisotopic (exact) mass is 214 g/mol. The van der Waals surface area contributed by atoms with Crippen molar-refractivity contribution in [2.24, 2.45) is 0 Å². The van der Waals surface area contributed by atoms with Crippen molar-refractivity contribution in [2.45, 2.75) is 0 Å². The Morgan fingerprint density at radius 1 is 1.13 bits per heavy atom. The molecule has 74 valence electrons. The first kappa shape index (κ1) is 9.87. The van der Waals surface area contributed by atoms with Crippen molar-refractivity contribution in [1.82, 2.24) is 0 Å². The van der Waals surface area contributed by atoms with Gasteiger partial charge in [0.15, 0.2) is 5.43 Å². The molecule has 2 aromatic rings. The average molecular weight is 214 g/mol. The van der Waals surface area contributed by atoms with Gasteiger partial charge in [-0.05, 0) is 12.1 Å². The lowest BCUT2D eigenvalue weighted by atomic mass is 10.1. The lowest BCUT2D eigenvalue weighted by molar-refractivity contribution is 1.65. The van der Waals surface area contributed by atoms with Crippen molar-refractivity contribution < 1.29 is 0 Å². The SMILES string of the molecule is C=Cc1sc2ccccc2c(=O)c1C=C. The third kappa shape index (κ3) is 1.53. The molecule has 0 aliphatic rings. The van der Waals surface area contributed by atoms with Gasteiger partial charge in [0.25, 0.3) is 0 Å². The van der Waals surface area contributed by atoms with Gasteiger partial charge < -0.3 is 0 Å². The molecule has 1 aromatic heterocycles. The van der Waals surface area contributed by atoms with Crippen LogP contribution in [0.5, 0.6) is 0 Å². The standard InChI is InChI=1S/C13H10OS/c1-3-9-11(4-2)15-12-8-6-5-7-10(12)13(9)14/h3-8H,1-2H2. The molecule has 0 aliphatic carbocycles. The summed E-state index contributed by atoms with van der Waals surface area (Å²) in [6, 6.07) is 7.59. The Hall–Kier alpha value is -1.67. The van der Waals surface area contributed by atoms with Gasteiger partial charge in [-0.25, -0.2) is 0 Å². The molecular weight excluding hydrogens is 204 g/mol. The zero-order chi connectivity index (χ0) is 10.8. The molecule has 1 nitrogen and oxygen atoms in total. The minimum Gasteiger partial charge on any atom is -0.289 e. The van der Waals surface area contributed by atoms with E-state index in [9.17, 15) is 4.79 Å². The van der Waals surface area contributed by atoms with E-state index in [4.69, 9.17) is 0 Å². The van der Waals surface area contributed by atoms with Gasteiger partial charge >= 0.3 is 0 Å². The second kappa shape index (κ2) is 3.83. The molecule has 0 aliphatic heterocycles. The van der Waals surface area contributed by atoms with Crippen molar-refractivity contribution in [1.29, 1.82) is 0 Å². The predicted octanol–water partition coefficient (Wildman–Crippen LogP) is 3.55. The van der Waals surface area contributed by atoms with E-state index in [-0.39, 0.29) is 5.43 Å². The molecule has 2 rings (SSSR count). The quantitative estimate of drug-likeness (QED) is 0.747. The molecular formula is C13H10OS. The predicted molar refractivity (Wildman–Crippen MR) is 68.3 cm³/mol. The van der Waals surface area contributed by atoms with Crippen molar-refractivity contribution >= 4 is 33.6 Å². The first-order valence-corrected chi connectivity index (χ1v) is 5.40. The van der Waals surface area contributed by atoms with Crippen LogP contribution in [-0.4, -0.2) is 0 Å². The molecule has 0 saturated heterocycles. The smallest absolute Gasteiger partial charge is 0.195 e. The highest BCUT2D eigenvalue weighted by atomic mass is 32.1. The Bertz CT molecular complexity index is 593. The molecule has 0 spiro atoms. The molecule has 15 heavy (non-hydrogen) atoms. The first-order chi connectivity index (χ1) is 7.27. The van der Waals surface area contributed by atoms with E-state index in [0.29, 0.717) is 5.56 Å². The van der Waals surface area contributed by atoms with E-state index in [1.54, 1.807) is 23.5 Å². The summed E-state index contributed by atoms with van der Waals surface area (Å²) in [7, 11) is 0. The third-order valence-electron chi connectivity index (χ3n) is 2.25. The fourth-order valence-corrected chi connectivity index (χ4v) is 2.54. The minimum absolute atomic E-state index is 0.0363. The molecule has 0 saturated carbocycles. The summed E-state index contributed by atoms with van der Waals surface area (Å²) < 4.78 is 0.989. The number of rotatable bonds is 2. The number of hydrogen-bond donors (Lipinski definition) is 0. The van der Waals surface area contributed by atoms with Crippen LogP contribution >= 0.6 is 11.3 Å². The summed E-state index contributed by atoms with van der Waals surface area (Å²) in [4.78, 5) is 12.9. The van der Waals surface area contributed by atoms with Crippen LogP contribution in [0.4, 0.5) is 0 Å². The second-order valence-corrected chi connectivity index (χ2v) is 4.20. The van der Waals surface area contributed by atoms with Crippen molar-refractivity contribution in [3.63, 3.8) is 0 Å². The summed E-state index contributed by atoms with van der Waals surface area (Å²) in [5.41, 5.74) is 0.683. The average Bonchev–Trinajstić information content (AvgIpc) is 2.29. The normalized spacial score (nSPS) is 10.1. The van der Waals surface area contributed by atoms with E-state index in [1.807, 2.05) is 24.3 Å². The Morgan fingerprint density at radius 2 is 1.87 bits per heavy atom. The fourth-order valence-electron chi connectivity index (χ4n) is 1.52. The zero-order valence-corrected chi connectivity index (χ0v) is 9.01. The zero-order valence-electron chi connectivity index (χ0n) is 8.19. The maximum Gasteiger partial charge on any atom is 0.195 e. The van der Waals surface area contributed by atoms with Gasteiger partial charge in [0, 0.05) is 20.5 Å². The third-order valence-corrected chi connectivity index (χ3v) is 3.43. The molecule has 0 N–H and O–H groups in total. The summed E-state index contributed by atoms with van der Waals surface area (Å²) in [6.07, 6.45) is 3.30. The maximum absolute atomic E-state index is 12.0. The Kier molecular flexibility index (Phi) is 2.52. The Labute approximate surface area is 92.0 Å². The summed E-state index contributed by atoms with van der Waals surface area (Å²) in [6.45, 7) is 7.38. The van der Waals surface area contributed by atoms with Crippen LogP contribution in [0.2, 0.25) is 0 Å². The van der Waals surface area contributed by atoms with Crippen molar-refractivity contribution in [3.8, 4) is 0 Å². The van der Waals surface area contributed by atoms with Gasteiger partial charge in [-0.3, -0.25) is 4.79 Å². The van der Waals surface area contributed by atoms with E-state index < -0.39 is 0 Å². The van der Waals surface area contributed by atoms with Gasteiger partial charge in [0.05, 0.1) is 0 Å². The molecule has 0 bridgehead atoms. The number of benzene rings is 1. The molecule has 0 atom stereocenters. The number of hydrogen-bond acceptors (Lipinski definition) is 2. The van der Waals surface area contributed by atoms with E-state index in [2.05, 4.69) is 13.2 Å². The van der Waals surface area contributed by atoms with Crippen LogP contribution in [0.25, 0.3) is 22.2 Å². The Balaban J connectivity index is 3.00. The maximum atomic E-state index is 12.0. The molecule has 1 heterocycles. The largest absolute Gasteiger partial charge is 0.289 e. The van der Waals surface area contributed by atoms with Crippen molar-refractivity contribution in [2.75, 3.05) is 0 Å². The minimum atomic E-state index is 0.0363. The summed E-state index contributed by atoms with van der Waals surface area (Å²) >= 11 is 1.56.